The van der Waals surface area contributed by atoms with E-state index in [2.05, 4.69) is 33.1 Å². The molecule has 0 spiro atoms. The lowest BCUT2D eigenvalue weighted by molar-refractivity contribution is 0.703. The number of anilines is 1. The van der Waals surface area contributed by atoms with E-state index in [1.165, 1.54) is 0 Å². The first kappa shape index (κ1) is 8.92. The number of tetrazole rings is 1. The molecule has 0 aliphatic carbocycles. The Hall–Kier alpha value is -1.17. The third kappa shape index (κ3) is 2.46. The van der Waals surface area contributed by atoms with Gasteiger partial charge in [-0.25, -0.2) is 4.68 Å². The van der Waals surface area contributed by atoms with Crippen molar-refractivity contribution in [3.63, 3.8) is 0 Å². The van der Waals surface area contributed by atoms with Crippen molar-refractivity contribution in [2.75, 3.05) is 25.0 Å². The summed E-state index contributed by atoms with van der Waals surface area (Å²) in [5.41, 5.74) is 0. The Morgan fingerprint density at radius 2 is 2.25 bits per heavy atom. The molecule has 0 bridgehead atoms. The van der Waals surface area contributed by atoms with Gasteiger partial charge in [0.1, 0.15) is 0 Å². The van der Waals surface area contributed by atoms with Gasteiger partial charge in [-0.1, -0.05) is 12.0 Å². The summed E-state index contributed by atoms with van der Waals surface area (Å²) in [4.78, 5) is 0. The van der Waals surface area contributed by atoms with Crippen LogP contribution in [0.4, 0.5) is 5.95 Å². The molecule has 1 aromatic heterocycles. The Morgan fingerprint density at radius 3 is 2.83 bits per heavy atom. The molecule has 0 radical (unpaired) electrons. The van der Waals surface area contributed by atoms with Crippen LogP contribution >= 0.6 is 0 Å². The summed E-state index contributed by atoms with van der Waals surface area (Å²) in [6, 6.07) is 0. The number of aromatic nitrogens is 4. The normalized spacial score (nSPS) is 10.2. The molecule has 0 aromatic carbocycles. The molecule has 1 rings (SSSR count). The smallest absolute Gasteiger partial charge is 0.242 e. The zero-order chi connectivity index (χ0) is 8.81. The zero-order valence-electron chi connectivity index (χ0n) is 7.41. The third-order valence-corrected chi connectivity index (χ3v) is 1.46. The summed E-state index contributed by atoms with van der Waals surface area (Å²) >= 11 is 0. The molecular formula is C6H14N6. The molecule has 0 aliphatic heterocycles. The van der Waals surface area contributed by atoms with Gasteiger partial charge in [0.15, 0.2) is 0 Å². The summed E-state index contributed by atoms with van der Waals surface area (Å²) < 4.78 is 1.60. The standard InChI is InChI=1S/C6H14N6/c1-3-7-4-5-8-6-9-10-11-12(6)2/h7H,3-5H2,1-2H3,(H,8,9,11). The maximum absolute atomic E-state index is 3.78. The second-order valence-corrected chi connectivity index (χ2v) is 2.41. The Labute approximate surface area is 71.3 Å². The second kappa shape index (κ2) is 4.66. The van der Waals surface area contributed by atoms with Crippen molar-refractivity contribution in [2.45, 2.75) is 6.92 Å². The van der Waals surface area contributed by atoms with Gasteiger partial charge in [-0.2, -0.15) is 0 Å². The quantitative estimate of drug-likeness (QED) is 0.568. The van der Waals surface area contributed by atoms with Crippen molar-refractivity contribution in [3.8, 4) is 0 Å². The van der Waals surface area contributed by atoms with Crippen LogP contribution in [0, 0.1) is 0 Å². The number of nitrogens with zero attached hydrogens (tertiary/aromatic N) is 4. The predicted octanol–water partition coefficient (Wildman–Crippen LogP) is -0.768. The van der Waals surface area contributed by atoms with E-state index in [4.69, 9.17) is 0 Å². The largest absolute Gasteiger partial charge is 0.352 e. The van der Waals surface area contributed by atoms with Crippen molar-refractivity contribution in [1.29, 1.82) is 0 Å². The minimum absolute atomic E-state index is 0.702. The fourth-order valence-electron chi connectivity index (χ4n) is 0.819. The van der Waals surface area contributed by atoms with Gasteiger partial charge in [-0.05, 0) is 17.0 Å². The van der Waals surface area contributed by atoms with Crippen LogP contribution in [0.15, 0.2) is 0 Å². The summed E-state index contributed by atoms with van der Waals surface area (Å²) in [5, 5.41) is 17.2. The lowest BCUT2D eigenvalue weighted by Crippen LogP contribution is -2.22. The second-order valence-electron chi connectivity index (χ2n) is 2.41. The monoisotopic (exact) mass is 170 g/mol. The number of hydrogen-bond acceptors (Lipinski definition) is 5. The molecule has 0 saturated heterocycles. The van der Waals surface area contributed by atoms with Crippen LogP contribution in [-0.2, 0) is 7.05 Å². The van der Waals surface area contributed by atoms with Gasteiger partial charge in [0.2, 0.25) is 5.95 Å². The number of nitrogens with one attached hydrogen (secondary N) is 2. The van der Waals surface area contributed by atoms with Crippen LogP contribution in [0.3, 0.4) is 0 Å². The minimum atomic E-state index is 0.702. The van der Waals surface area contributed by atoms with Crippen molar-refractivity contribution in [1.82, 2.24) is 25.5 Å². The van der Waals surface area contributed by atoms with Crippen molar-refractivity contribution >= 4 is 5.95 Å². The van der Waals surface area contributed by atoms with E-state index in [0.29, 0.717) is 5.95 Å². The van der Waals surface area contributed by atoms with Crippen LogP contribution < -0.4 is 10.6 Å². The number of likely N-dealkylation sites (N-methyl/N-ethyl adjacent to an activating group) is 1. The van der Waals surface area contributed by atoms with Crippen LogP contribution in [0.5, 0.6) is 0 Å². The minimum Gasteiger partial charge on any atom is -0.352 e. The number of aryl methyl sites for hydroxylation is 1. The van der Waals surface area contributed by atoms with Gasteiger partial charge in [0.05, 0.1) is 0 Å². The Balaban J connectivity index is 2.20. The summed E-state index contributed by atoms with van der Waals surface area (Å²) in [7, 11) is 1.80. The lowest BCUT2D eigenvalue weighted by Gasteiger charge is -2.03. The van der Waals surface area contributed by atoms with E-state index in [-0.39, 0.29) is 0 Å². The van der Waals surface area contributed by atoms with Crippen molar-refractivity contribution in [2.24, 2.45) is 7.05 Å². The maximum atomic E-state index is 3.78. The van der Waals surface area contributed by atoms with Gasteiger partial charge in [-0.15, -0.1) is 0 Å². The summed E-state index contributed by atoms with van der Waals surface area (Å²) in [6.45, 7) is 4.81. The van der Waals surface area contributed by atoms with Gasteiger partial charge in [-0.3, -0.25) is 0 Å². The first-order valence-electron chi connectivity index (χ1n) is 4.01. The molecule has 0 saturated carbocycles. The van der Waals surface area contributed by atoms with Gasteiger partial charge in [0.25, 0.3) is 0 Å². The molecule has 1 aromatic rings. The Morgan fingerprint density at radius 1 is 1.42 bits per heavy atom. The molecule has 12 heavy (non-hydrogen) atoms. The maximum Gasteiger partial charge on any atom is 0.242 e. The van der Waals surface area contributed by atoms with Crippen molar-refractivity contribution < 1.29 is 0 Å². The fraction of sp³-hybridized carbons (Fsp3) is 0.833. The van der Waals surface area contributed by atoms with E-state index in [1.54, 1.807) is 11.7 Å². The van der Waals surface area contributed by atoms with E-state index in [1.807, 2.05) is 0 Å². The molecule has 0 amide bonds. The molecule has 0 atom stereocenters. The topological polar surface area (TPSA) is 67.7 Å². The average molecular weight is 170 g/mol. The SMILES string of the molecule is CCNCCNc1nnnn1C. The first-order chi connectivity index (χ1) is 5.84. The summed E-state index contributed by atoms with van der Waals surface area (Å²) in [5.74, 6) is 0.702. The fourth-order valence-corrected chi connectivity index (χ4v) is 0.819. The van der Waals surface area contributed by atoms with Gasteiger partial charge in [0, 0.05) is 20.1 Å². The van der Waals surface area contributed by atoms with Gasteiger partial charge >= 0.3 is 0 Å². The third-order valence-electron chi connectivity index (χ3n) is 1.46. The van der Waals surface area contributed by atoms with E-state index in [0.717, 1.165) is 19.6 Å². The molecule has 0 fully saturated rings. The average Bonchev–Trinajstić information content (AvgIpc) is 2.46. The van der Waals surface area contributed by atoms with Crippen LogP contribution in [-0.4, -0.2) is 39.8 Å². The highest BCUT2D eigenvalue weighted by atomic mass is 15.6. The van der Waals surface area contributed by atoms with E-state index >= 15 is 0 Å². The molecule has 0 unspecified atom stereocenters. The van der Waals surface area contributed by atoms with Crippen LogP contribution in [0.1, 0.15) is 6.92 Å². The van der Waals surface area contributed by atoms with Gasteiger partial charge < -0.3 is 10.6 Å². The van der Waals surface area contributed by atoms with E-state index in [9.17, 15) is 0 Å². The molecule has 0 aliphatic rings. The predicted molar refractivity (Wildman–Crippen MR) is 45.8 cm³/mol. The molecule has 6 nitrogen and oxygen atoms in total. The molecular weight excluding hydrogens is 156 g/mol. The van der Waals surface area contributed by atoms with Crippen LogP contribution in [0.25, 0.3) is 0 Å². The highest BCUT2D eigenvalue weighted by Gasteiger charge is 1.97. The molecule has 2 N–H and O–H groups in total. The molecule has 6 heteroatoms. The Kier molecular flexibility index (Phi) is 3.46. The number of hydrogen-bond donors (Lipinski definition) is 2. The zero-order valence-corrected chi connectivity index (χ0v) is 7.41. The number of rotatable bonds is 5. The summed E-state index contributed by atoms with van der Waals surface area (Å²) in [6.07, 6.45) is 0. The Bertz CT molecular complexity index is 220. The van der Waals surface area contributed by atoms with E-state index < -0.39 is 0 Å². The lowest BCUT2D eigenvalue weighted by atomic mass is 10.6. The van der Waals surface area contributed by atoms with Crippen molar-refractivity contribution in [3.05, 3.63) is 0 Å². The highest BCUT2D eigenvalue weighted by molar-refractivity contribution is 5.20. The first-order valence-corrected chi connectivity index (χ1v) is 4.01. The van der Waals surface area contributed by atoms with Crippen LogP contribution in [0.2, 0.25) is 0 Å². The highest BCUT2D eigenvalue weighted by Crippen LogP contribution is 1.92. The molecule has 1 heterocycles. The molecule has 68 valence electrons.